The molecule has 0 radical (unpaired) electrons. The Labute approximate surface area is 79.4 Å². The van der Waals surface area contributed by atoms with E-state index in [2.05, 4.69) is 11.5 Å². The summed E-state index contributed by atoms with van der Waals surface area (Å²) in [6.07, 6.45) is 2.14. The standard InChI is InChI=1S/C10H17NO2/c1-8(2)10(12)13-9-5-4-6-11(3)7-9/h9H,1,4-7H2,2-3H3. The summed E-state index contributed by atoms with van der Waals surface area (Å²) in [5, 5.41) is 0. The van der Waals surface area contributed by atoms with Gasteiger partial charge in [0.25, 0.3) is 0 Å². The van der Waals surface area contributed by atoms with Gasteiger partial charge in [0.1, 0.15) is 6.10 Å². The third kappa shape index (κ3) is 3.19. The van der Waals surface area contributed by atoms with Gasteiger partial charge in [-0.3, -0.25) is 0 Å². The smallest absolute Gasteiger partial charge is 0.333 e. The highest BCUT2D eigenvalue weighted by atomic mass is 16.5. The fourth-order valence-corrected chi connectivity index (χ4v) is 1.47. The molecule has 0 aromatic carbocycles. The van der Waals surface area contributed by atoms with Crippen molar-refractivity contribution >= 4 is 5.97 Å². The molecule has 3 heteroatoms. The van der Waals surface area contributed by atoms with Gasteiger partial charge >= 0.3 is 5.97 Å². The minimum absolute atomic E-state index is 0.0583. The first kappa shape index (κ1) is 10.3. The van der Waals surface area contributed by atoms with E-state index in [1.165, 1.54) is 0 Å². The molecule has 3 nitrogen and oxygen atoms in total. The summed E-state index contributed by atoms with van der Waals surface area (Å²) in [6, 6.07) is 0. The van der Waals surface area contributed by atoms with Gasteiger partial charge in [-0.1, -0.05) is 6.58 Å². The average molecular weight is 183 g/mol. The molecule has 1 aliphatic rings. The number of piperidine rings is 1. The molecule has 0 N–H and O–H groups in total. The number of hydrogen-bond donors (Lipinski definition) is 0. The van der Waals surface area contributed by atoms with E-state index in [1.807, 2.05) is 7.05 Å². The third-order valence-electron chi connectivity index (χ3n) is 2.20. The second kappa shape index (κ2) is 4.42. The van der Waals surface area contributed by atoms with Crippen LogP contribution in [0, 0.1) is 0 Å². The van der Waals surface area contributed by atoms with Crippen LogP contribution in [0.25, 0.3) is 0 Å². The van der Waals surface area contributed by atoms with Crippen LogP contribution in [-0.2, 0) is 9.53 Å². The highest BCUT2D eigenvalue weighted by Gasteiger charge is 2.20. The van der Waals surface area contributed by atoms with E-state index >= 15 is 0 Å². The molecule has 1 aliphatic heterocycles. The predicted molar refractivity (Wildman–Crippen MR) is 51.4 cm³/mol. The maximum absolute atomic E-state index is 11.2. The maximum atomic E-state index is 11.2. The summed E-state index contributed by atoms with van der Waals surface area (Å²) >= 11 is 0. The summed E-state index contributed by atoms with van der Waals surface area (Å²) in [5.74, 6) is -0.264. The third-order valence-corrected chi connectivity index (χ3v) is 2.20. The summed E-state index contributed by atoms with van der Waals surface area (Å²) in [7, 11) is 2.04. The number of carbonyl (C=O) groups excluding carboxylic acids is 1. The Morgan fingerprint density at radius 1 is 1.62 bits per heavy atom. The molecule has 0 aliphatic carbocycles. The molecular formula is C10H17NO2. The molecule has 1 heterocycles. The van der Waals surface area contributed by atoms with Gasteiger partial charge in [-0.25, -0.2) is 4.79 Å². The van der Waals surface area contributed by atoms with Gasteiger partial charge in [0.15, 0.2) is 0 Å². The molecule has 13 heavy (non-hydrogen) atoms. The van der Waals surface area contributed by atoms with Crippen molar-refractivity contribution in [2.45, 2.75) is 25.9 Å². The number of likely N-dealkylation sites (N-methyl/N-ethyl adjacent to an activating group) is 1. The zero-order valence-corrected chi connectivity index (χ0v) is 8.38. The van der Waals surface area contributed by atoms with Crippen LogP contribution in [0.2, 0.25) is 0 Å². The lowest BCUT2D eigenvalue weighted by molar-refractivity contribution is -0.146. The topological polar surface area (TPSA) is 29.5 Å². The fraction of sp³-hybridized carbons (Fsp3) is 0.700. The highest BCUT2D eigenvalue weighted by Crippen LogP contribution is 2.12. The second-order valence-corrected chi connectivity index (χ2v) is 3.71. The van der Waals surface area contributed by atoms with E-state index in [-0.39, 0.29) is 12.1 Å². The first-order valence-electron chi connectivity index (χ1n) is 4.64. The van der Waals surface area contributed by atoms with Gasteiger partial charge in [-0.05, 0) is 33.4 Å². The molecule has 0 aromatic heterocycles. The molecule has 1 unspecified atom stereocenters. The molecule has 1 fully saturated rings. The van der Waals surface area contributed by atoms with Crippen LogP contribution in [0.4, 0.5) is 0 Å². The van der Waals surface area contributed by atoms with Gasteiger partial charge in [-0.2, -0.15) is 0 Å². The maximum Gasteiger partial charge on any atom is 0.333 e. The Kier molecular flexibility index (Phi) is 3.48. The molecule has 0 aromatic rings. The van der Waals surface area contributed by atoms with E-state index in [0.29, 0.717) is 5.57 Å². The molecule has 0 saturated carbocycles. The molecule has 0 spiro atoms. The SMILES string of the molecule is C=C(C)C(=O)OC1CCCN(C)C1. The van der Waals surface area contributed by atoms with Crippen molar-refractivity contribution in [2.75, 3.05) is 20.1 Å². The largest absolute Gasteiger partial charge is 0.458 e. The van der Waals surface area contributed by atoms with Crippen LogP contribution in [0.1, 0.15) is 19.8 Å². The molecule has 1 saturated heterocycles. The van der Waals surface area contributed by atoms with E-state index < -0.39 is 0 Å². The van der Waals surface area contributed by atoms with Crippen molar-refractivity contribution in [3.05, 3.63) is 12.2 Å². The van der Waals surface area contributed by atoms with Crippen molar-refractivity contribution in [3.8, 4) is 0 Å². The van der Waals surface area contributed by atoms with Gasteiger partial charge in [0.2, 0.25) is 0 Å². The van der Waals surface area contributed by atoms with E-state index in [1.54, 1.807) is 6.92 Å². The molecule has 1 atom stereocenters. The molecule has 74 valence electrons. The zero-order valence-electron chi connectivity index (χ0n) is 8.38. The zero-order chi connectivity index (χ0) is 9.84. The van der Waals surface area contributed by atoms with E-state index in [4.69, 9.17) is 4.74 Å². The Morgan fingerprint density at radius 2 is 2.31 bits per heavy atom. The van der Waals surface area contributed by atoms with Crippen LogP contribution < -0.4 is 0 Å². The number of nitrogens with zero attached hydrogens (tertiary/aromatic N) is 1. The highest BCUT2D eigenvalue weighted by molar-refractivity contribution is 5.87. The lowest BCUT2D eigenvalue weighted by Gasteiger charge is -2.29. The minimum atomic E-state index is -0.264. The Morgan fingerprint density at radius 3 is 2.85 bits per heavy atom. The molecular weight excluding hydrogens is 166 g/mol. The minimum Gasteiger partial charge on any atom is -0.458 e. The lowest BCUT2D eigenvalue weighted by atomic mass is 10.1. The lowest BCUT2D eigenvalue weighted by Crippen LogP contribution is -2.38. The average Bonchev–Trinajstić information content (AvgIpc) is 2.04. The van der Waals surface area contributed by atoms with Crippen molar-refractivity contribution < 1.29 is 9.53 Å². The van der Waals surface area contributed by atoms with Crippen molar-refractivity contribution in [1.29, 1.82) is 0 Å². The van der Waals surface area contributed by atoms with Crippen LogP contribution in [-0.4, -0.2) is 37.1 Å². The second-order valence-electron chi connectivity index (χ2n) is 3.71. The van der Waals surface area contributed by atoms with Crippen molar-refractivity contribution in [1.82, 2.24) is 4.90 Å². The summed E-state index contributed by atoms with van der Waals surface area (Å²) in [6.45, 7) is 7.17. The molecule has 1 rings (SSSR count). The number of likely N-dealkylation sites (tertiary alicyclic amines) is 1. The predicted octanol–water partition coefficient (Wildman–Crippen LogP) is 1.20. The summed E-state index contributed by atoms with van der Waals surface area (Å²) < 4.78 is 5.24. The van der Waals surface area contributed by atoms with E-state index in [9.17, 15) is 4.79 Å². The van der Waals surface area contributed by atoms with Gasteiger partial charge < -0.3 is 9.64 Å². The van der Waals surface area contributed by atoms with Crippen molar-refractivity contribution in [3.63, 3.8) is 0 Å². The van der Waals surface area contributed by atoms with Crippen molar-refractivity contribution in [2.24, 2.45) is 0 Å². The Balaban J connectivity index is 2.36. The summed E-state index contributed by atoms with van der Waals surface area (Å²) in [5.41, 5.74) is 0.480. The number of esters is 1. The monoisotopic (exact) mass is 183 g/mol. The number of ether oxygens (including phenoxy) is 1. The van der Waals surface area contributed by atoms with Crippen LogP contribution >= 0.6 is 0 Å². The molecule has 0 bridgehead atoms. The number of carbonyl (C=O) groups is 1. The normalized spacial score (nSPS) is 24.0. The van der Waals surface area contributed by atoms with Crippen LogP contribution in [0.15, 0.2) is 12.2 Å². The molecule has 0 amide bonds. The quantitative estimate of drug-likeness (QED) is 0.476. The van der Waals surface area contributed by atoms with E-state index in [0.717, 1.165) is 25.9 Å². The van der Waals surface area contributed by atoms with Gasteiger partial charge in [0.05, 0.1) is 0 Å². The van der Waals surface area contributed by atoms with Gasteiger partial charge in [-0.15, -0.1) is 0 Å². The Bertz CT molecular complexity index is 213. The summed E-state index contributed by atoms with van der Waals surface area (Å²) in [4.78, 5) is 13.4. The number of hydrogen-bond acceptors (Lipinski definition) is 3. The van der Waals surface area contributed by atoms with Crippen LogP contribution in [0.5, 0.6) is 0 Å². The first-order chi connectivity index (χ1) is 6.09. The first-order valence-corrected chi connectivity index (χ1v) is 4.64. The fourth-order valence-electron chi connectivity index (χ4n) is 1.47. The van der Waals surface area contributed by atoms with Crippen LogP contribution in [0.3, 0.4) is 0 Å². The Hall–Kier alpha value is -0.830. The number of rotatable bonds is 2. The van der Waals surface area contributed by atoms with Gasteiger partial charge in [0, 0.05) is 12.1 Å².